The molecule has 0 amide bonds. The van der Waals surface area contributed by atoms with Crippen molar-refractivity contribution in [2.45, 2.75) is 26.3 Å². The molecule has 0 aliphatic heterocycles. The molecule has 3 nitrogen and oxygen atoms in total. The molecule has 0 saturated heterocycles. The van der Waals surface area contributed by atoms with Gasteiger partial charge in [0.05, 0.1) is 12.2 Å². The summed E-state index contributed by atoms with van der Waals surface area (Å²) in [6.45, 7) is 5.17. The third-order valence-electron chi connectivity index (χ3n) is 2.79. The lowest BCUT2D eigenvalue weighted by atomic mass is 10.2. The molecule has 1 atom stereocenters. The Balaban J connectivity index is 2.23. The van der Waals surface area contributed by atoms with E-state index in [0.29, 0.717) is 0 Å². The second-order valence-electron chi connectivity index (χ2n) is 4.36. The number of nitrogens with zero attached hydrogens (tertiary/aromatic N) is 1. The molecule has 0 saturated carbocycles. The smallest absolute Gasteiger partial charge is 0.211 e. The van der Waals surface area contributed by atoms with Crippen molar-refractivity contribution in [2.24, 2.45) is 0 Å². The SMILES string of the molecule is CCCNC(C)c1ncc(-c2cc(I)ccc2Br)o1. The summed E-state index contributed by atoms with van der Waals surface area (Å²) in [5.74, 6) is 1.53. The third kappa shape index (κ3) is 3.79. The van der Waals surface area contributed by atoms with E-state index >= 15 is 0 Å². The number of hydrogen-bond acceptors (Lipinski definition) is 3. The number of nitrogens with one attached hydrogen (secondary N) is 1. The first kappa shape index (κ1) is 15.0. The van der Waals surface area contributed by atoms with Gasteiger partial charge in [-0.3, -0.25) is 0 Å². The van der Waals surface area contributed by atoms with Crippen LogP contribution < -0.4 is 5.32 Å². The predicted molar refractivity (Wildman–Crippen MR) is 89.1 cm³/mol. The summed E-state index contributed by atoms with van der Waals surface area (Å²) in [6.07, 6.45) is 2.88. The minimum Gasteiger partial charge on any atom is -0.439 e. The molecule has 5 heteroatoms. The van der Waals surface area contributed by atoms with E-state index in [1.165, 1.54) is 3.57 Å². The average molecular weight is 435 g/mol. The van der Waals surface area contributed by atoms with Crippen molar-refractivity contribution in [1.29, 1.82) is 0 Å². The highest BCUT2D eigenvalue weighted by Gasteiger charge is 2.14. The lowest BCUT2D eigenvalue weighted by Gasteiger charge is -2.08. The summed E-state index contributed by atoms with van der Waals surface area (Å²) in [7, 11) is 0. The zero-order valence-corrected chi connectivity index (χ0v) is 14.7. The van der Waals surface area contributed by atoms with Crippen molar-refractivity contribution in [1.82, 2.24) is 10.3 Å². The van der Waals surface area contributed by atoms with Gasteiger partial charge in [-0.2, -0.15) is 0 Å². The van der Waals surface area contributed by atoms with E-state index in [4.69, 9.17) is 4.42 Å². The minimum absolute atomic E-state index is 0.134. The van der Waals surface area contributed by atoms with E-state index in [1.54, 1.807) is 6.20 Å². The second-order valence-corrected chi connectivity index (χ2v) is 6.46. The van der Waals surface area contributed by atoms with Gasteiger partial charge in [-0.05, 0) is 60.7 Å². The molecule has 1 N–H and O–H groups in total. The van der Waals surface area contributed by atoms with Crippen LogP contribution in [-0.4, -0.2) is 11.5 Å². The largest absolute Gasteiger partial charge is 0.439 e. The molecule has 0 spiro atoms. The maximum atomic E-state index is 5.86. The molecule has 0 aliphatic carbocycles. The van der Waals surface area contributed by atoms with Crippen LogP contribution in [-0.2, 0) is 0 Å². The van der Waals surface area contributed by atoms with Gasteiger partial charge in [-0.1, -0.05) is 22.9 Å². The number of aromatic nitrogens is 1. The lowest BCUT2D eigenvalue weighted by molar-refractivity contribution is 0.423. The quantitative estimate of drug-likeness (QED) is 0.688. The molecule has 0 aliphatic rings. The van der Waals surface area contributed by atoms with Crippen molar-refractivity contribution in [3.05, 3.63) is 38.3 Å². The van der Waals surface area contributed by atoms with E-state index in [-0.39, 0.29) is 6.04 Å². The number of benzene rings is 1. The van der Waals surface area contributed by atoms with Crippen LogP contribution in [0.2, 0.25) is 0 Å². The summed E-state index contributed by atoms with van der Waals surface area (Å²) < 4.78 is 8.05. The van der Waals surface area contributed by atoms with Crippen LogP contribution in [0.3, 0.4) is 0 Å². The van der Waals surface area contributed by atoms with E-state index in [1.807, 2.05) is 6.07 Å². The van der Waals surface area contributed by atoms with Gasteiger partial charge in [0, 0.05) is 13.6 Å². The Hall–Kier alpha value is -0.400. The molecular weight excluding hydrogens is 419 g/mol. The highest BCUT2D eigenvalue weighted by molar-refractivity contribution is 14.1. The molecule has 1 heterocycles. The Morgan fingerprint density at radius 3 is 3.00 bits per heavy atom. The first-order valence-electron chi connectivity index (χ1n) is 6.26. The monoisotopic (exact) mass is 434 g/mol. The highest BCUT2D eigenvalue weighted by Crippen LogP contribution is 2.31. The Morgan fingerprint density at radius 2 is 2.26 bits per heavy atom. The van der Waals surface area contributed by atoms with Crippen LogP contribution in [0.25, 0.3) is 11.3 Å². The number of halogens is 2. The predicted octanol–water partition coefficient (Wildman–Crippen LogP) is 4.77. The van der Waals surface area contributed by atoms with Crippen molar-refractivity contribution >= 4 is 38.5 Å². The highest BCUT2D eigenvalue weighted by atomic mass is 127. The molecule has 1 unspecified atom stereocenters. The molecule has 0 bridgehead atoms. The van der Waals surface area contributed by atoms with Crippen LogP contribution in [0.5, 0.6) is 0 Å². The van der Waals surface area contributed by atoms with Gasteiger partial charge in [-0.25, -0.2) is 4.98 Å². The average Bonchev–Trinajstić information content (AvgIpc) is 2.88. The second kappa shape index (κ2) is 6.85. The molecule has 0 fully saturated rings. The molecular formula is C14H16BrIN2O. The fourth-order valence-electron chi connectivity index (χ4n) is 1.75. The van der Waals surface area contributed by atoms with E-state index < -0.39 is 0 Å². The topological polar surface area (TPSA) is 38.1 Å². The molecule has 19 heavy (non-hydrogen) atoms. The lowest BCUT2D eigenvalue weighted by Crippen LogP contribution is -2.19. The van der Waals surface area contributed by atoms with Crippen LogP contribution in [0, 0.1) is 3.57 Å². The van der Waals surface area contributed by atoms with Gasteiger partial charge >= 0.3 is 0 Å². The van der Waals surface area contributed by atoms with Crippen LogP contribution in [0.15, 0.2) is 33.3 Å². The Labute approximate surface area is 135 Å². The van der Waals surface area contributed by atoms with Gasteiger partial charge in [0.15, 0.2) is 5.76 Å². The van der Waals surface area contributed by atoms with Gasteiger partial charge in [0.25, 0.3) is 0 Å². The van der Waals surface area contributed by atoms with Gasteiger partial charge in [0.1, 0.15) is 0 Å². The van der Waals surface area contributed by atoms with E-state index in [2.05, 4.69) is 74.8 Å². The fourth-order valence-corrected chi connectivity index (χ4v) is 2.68. The molecule has 1 aromatic carbocycles. The summed E-state index contributed by atoms with van der Waals surface area (Å²) >= 11 is 5.84. The van der Waals surface area contributed by atoms with Gasteiger partial charge in [-0.15, -0.1) is 0 Å². The van der Waals surface area contributed by atoms with Crippen molar-refractivity contribution in [3.8, 4) is 11.3 Å². The van der Waals surface area contributed by atoms with Crippen molar-refractivity contribution in [2.75, 3.05) is 6.54 Å². The minimum atomic E-state index is 0.134. The molecule has 102 valence electrons. The maximum Gasteiger partial charge on any atom is 0.211 e. The van der Waals surface area contributed by atoms with Crippen LogP contribution in [0.1, 0.15) is 32.2 Å². The molecule has 2 rings (SSSR count). The first-order valence-corrected chi connectivity index (χ1v) is 8.13. The van der Waals surface area contributed by atoms with Crippen molar-refractivity contribution in [3.63, 3.8) is 0 Å². The third-order valence-corrected chi connectivity index (χ3v) is 4.15. The standard InChI is InChI=1S/C14H16BrIN2O/c1-3-6-17-9(2)14-18-8-13(19-14)11-7-10(16)4-5-12(11)15/h4-5,7-9,17H,3,6H2,1-2H3. The summed E-state index contributed by atoms with van der Waals surface area (Å²) in [6, 6.07) is 6.30. The Bertz CT molecular complexity index is 556. The fraction of sp³-hybridized carbons (Fsp3) is 0.357. The Morgan fingerprint density at radius 1 is 1.47 bits per heavy atom. The molecule has 0 radical (unpaired) electrons. The number of oxazole rings is 1. The first-order chi connectivity index (χ1) is 9.11. The number of hydrogen-bond donors (Lipinski definition) is 1. The zero-order chi connectivity index (χ0) is 13.8. The Kier molecular flexibility index (Phi) is 5.41. The van der Waals surface area contributed by atoms with Gasteiger partial charge in [0.2, 0.25) is 5.89 Å². The summed E-state index contributed by atoms with van der Waals surface area (Å²) in [5.41, 5.74) is 1.04. The zero-order valence-electron chi connectivity index (χ0n) is 10.9. The normalized spacial score (nSPS) is 12.6. The van der Waals surface area contributed by atoms with Crippen molar-refractivity contribution < 1.29 is 4.42 Å². The van der Waals surface area contributed by atoms with Crippen LogP contribution in [0.4, 0.5) is 0 Å². The summed E-state index contributed by atoms with van der Waals surface area (Å²) in [5, 5.41) is 3.37. The van der Waals surface area contributed by atoms with Gasteiger partial charge < -0.3 is 9.73 Å². The van der Waals surface area contributed by atoms with E-state index in [0.717, 1.165) is 34.7 Å². The summed E-state index contributed by atoms with van der Waals surface area (Å²) in [4.78, 5) is 4.36. The molecule has 1 aromatic heterocycles. The molecule has 2 aromatic rings. The van der Waals surface area contributed by atoms with E-state index in [9.17, 15) is 0 Å². The van der Waals surface area contributed by atoms with Crippen LogP contribution >= 0.6 is 38.5 Å². The number of rotatable bonds is 5. The maximum absolute atomic E-state index is 5.86.